The Morgan fingerprint density at radius 1 is 1.25 bits per heavy atom. The molecule has 20 heavy (non-hydrogen) atoms. The molecule has 0 radical (unpaired) electrons. The zero-order valence-corrected chi connectivity index (χ0v) is 12.8. The maximum Gasteiger partial charge on any atom is 0.324 e. The van der Waals surface area contributed by atoms with Crippen LogP contribution in [-0.4, -0.2) is 42.5 Å². The van der Waals surface area contributed by atoms with Crippen molar-refractivity contribution >= 4 is 11.9 Å². The van der Waals surface area contributed by atoms with E-state index in [-0.39, 0.29) is 34.7 Å². The molecule has 3 aliphatic rings. The summed E-state index contributed by atoms with van der Waals surface area (Å²) in [6, 6.07) is -0.0505. The number of carbonyl (C=O) groups excluding carboxylic acids is 2. The molecule has 2 bridgehead atoms. The summed E-state index contributed by atoms with van der Waals surface area (Å²) >= 11 is 0. The number of rotatable bonds is 1. The van der Waals surface area contributed by atoms with Crippen molar-refractivity contribution in [2.75, 3.05) is 19.6 Å². The average molecular weight is 279 g/mol. The largest absolute Gasteiger partial charge is 0.334 e. The van der Waals surface area contributed by atoms with Crippen LogP contribution in [0.1, 0.15) is 34.1 Å². The third-order valence-electron chi connectivity index (χ3n) is 6.03. The molecule has 2 aliphatic heterocycles. The lowest BCUT2D eigenvalue weighted by molar-refractivity contribution is -0.137. The second-order valence-electron chi connectivity index (χ2n) is 7.73. The number of amides is 3. The van der Waals surface area contributed by atoms with Gasteiger partial charge in [0.25, 0.3) is 0 Å². The first-order valence-electron chi connectivity index (χ1n) is 7.57. The third-order valence-corrected chi connectivity index (χ3v) is 6.03. The number of piperidine rings is 2. The Hall–Kier alpha value is -1.10. The molecule has 0 aromatic heterocycles. The molecule has 5 nitrogen and oxygen atoms in total. The SMILES string of the molecule is CC1(C)C(NC(=O)N2CC3CNCC(C3)C2=O)C1(C)C. The molecule has 0 spiro atoms. The van der Waals surface area contributed by atoms with Crippen molar-refractivity contribution in [3.05, 3.63) is 0 Å². The van der Waals surface area contributed by atoms with Crippen LogP contribution in [0.3, 0.4) is 0 Å². The van der Waals surface area contributed by atoms with Crippen LogP contribution in [0.25, 0.3) is 0 Å². The van der Waals surface area contributed by atoms with Crippen LogP contribution in [0.4, 0.5) is 4.79 Å². The second kappa shape index (κ2) is 4.20. The minimum atomic E-state index is -0.199. The number of nitrogens with one attached hydrogen (secondary N) is 2. The molecule has 0 aromatic carbocycles. The van der Waals surface area contributed by atoms with Gasteiger partial charge in [0.05, 0.1) is 5.92 Å². The smallest absolute Gasteiger partial charge is 0.324 e. The van der Waals surface area contributed by atoms with Gasteiger partial charge >= 0.3 is 6.03 Å². The van der Waals surface area contributed by atoms with E-state index in [4.69, 9.17) is 0 Å². The van der Waals surface area contributed by atoms with Gasteiger partial charge in [0, 0.05) is 19.1 Å². The molecule has 3 rings (SSSR count). The van der Waals surface area contributed by atoms with Gasteiger partial charge in [0.1, 0.15) is 0 Å². The van der Waals surface area contributed by atoms with Crippen molar-refractivity contribution < 1.29 is 9.59 Å². The zero-order chi connectivity index (χ0) is 14.7. The fraction of sp³-hybridized carbons (Fsp3) is 0.867. The molecular formula is C15H25N3O2. The summed E-state index contributed by atoms with van der Waals surface area (Å²) < 4.78 is 0. The summed E-state index contributed by atoms with van der Waals surface area (Å²) in [6.45, 7) is 10.8. The Balaban J connectivity index is 1.67. The standard InChI is InChI=1S/C15H25N3O2/c1-14(2)12(15(14,3)4)17-13(20)18-8-9-5-10(11(18)19)7-16-6-9/h9-10,12,16H,5-8H2,1-4H3,(H,17,20). The van der Waals surface area contributed by atoms with E-state index in [2.05, 4.69) is 38.3 Å². The van der Waals surface area contributed by atoms with E-state index in [1.165, 1.54) is 4.90 Å². The molecule has 2 N–H and O–H groups in total. The second-order valence-corrected chi connectivity index (χ2v) is 7.73. The van der Waals surface area contributed by atoms with Crippen LogP contribution < -0.4 is 10.6 Å². The van der Waals surface area contributed by atoms with Gasteiger partial charge < -0.3 is 10.6 Å². The van der Waals surface area contributed by atoms with Gasteiger partial charge in [-0.3, -0.25) is 9.69 Å². The number of urea groups is 1. The zero-order valence-electron chi connectivity index (χ0n) is 12.8. The fourth-order valence-corrected chi connectivity index (χ4v) is 3.87. The fourth-order valence-electron chi connectivity index (χ4n) is 3.87. The number of likely N-dealkylation sites (tertiary alicyclic amines) is 1. The number of imide groups is 1. The van der Waals surface area contributed by atoms with Gasteiger partial charge in [-0.15, -0.1) is 0 Å². The van der Waals surface area contributed by atoms with E-state index in [1.807, 2.05) is 0 Å². The van der Waals surface area contributed by atoms with Crippen LogP contribution in [0.5, 0.6) is 0 Å². The van der Waals surface area contributed by atoms with Crippen molar-refractivity contribution in [3.8, 4) is 0 Å². The van der Waals surface area contributed by atoms with E-state index in [0.717, 1.165) is 13.0 Å². The highest BCUT2D eigenvalue weighted by Crippen LogP contribution is 2.62. The third kappa shape index (κ3) is 1.86. The van der Waals surface area contributed by atoms with Gasteiger partial charge in [-0.2, -0.15) is 0 Å². The highest BCUT2D eigenvalue weighted by Gasteiger charge is 2.65. The molecule has 2 heterocycles. The van der Waals surface area contributed by atoms with E-state index >= 15 is 0 Å². The molecule has 5 heteroatoms. The van der Waals surface area contributed by atoms with Gasteiger partial charge in [0.15, 0.2) is 0 Å². The first-order valence-corrected chi connectivity index (χ1v) is 7.57. The Morgan fingerprint density at radius 2 is 1.90 bits per heavy atom. The summed E-state index contributed by atoms with van der Waals surface area (Å²) in [6.07, 6.45) is 0.927. The van der Waals surface area contributed by atoms with Crippen LogP contribution in [0.2, 0.25) is 0 Å². The number of fused-ring (bicyclic) bond motifs is 2. The minimum Gasteiger partial charge on any atom is -0.334 e. The lowest BCUT2D eigenvalue weighted by Crippen LogP contribution is -2.58. The molecule has 3 fully saturated rings. The molecule has 3 amide bonds. The number of hydrogen-bond acceptors (Lipinski definition) is 3. The van der Waals surface area contributed by atoms with Gasteiger partial charge in [0.2, 0.25) is 5.91 Å². The summed E-state index contributed by atoms with van der Waals surface area (Å²) in [5, 5.41) is 6.35. The average Bonchev–Trinajstić information content (AvgIpc) is 2.76. The topological polar surface area (TPSA) is 61.4 Å². The summed E-state index contributed by atoms with van der Waals surface area (Å²) in [7, 11) is 0. The Bertz CT molecular complexity index is 444. The van der Waals surface area contributed by atoms with Crippen molar-refractivity contribution in [2.45, 2.75) is 40.2 Å². The van der Waals surface area contributed by atoms with Gasteiger partial charge in [-0.05, 0) is 29.7 Å². The van der Waals surface area contributed by atoms with Crippen LogP contribution in [0, 0.1) is 22.7 Å². The molecule has 2 unspecified atom stereocenters. The Kier molecular flexibility index (Phi) is 2.91. The summed E-state index contributed by atoms with van der Waals surface area (Å²) in [5.41, 5.74) is 0.192. The number of carbonyl (C=O) groups is 2. The van der Waals surface area contributed by atoms with E-state index < -0.39 is 0 Å². The molecule has 1 saturated carbocycles. The number of hydrogen-bond donors (Lipinski definition) is 2. The maximum atomic E-state index is 12.4. The van der Waals surface area contributed by atoms with Crippen molar-refractivity contribution in [2.24, 2.45) is 22.7 Å². The first-order chi connectivity index (χ1) is 9.25. The van der Waals surface area contributed by atoms with E-state index in [1.54, 1.807) is 0 Å². The van der Waals surface area contributed by atoms with Crippen LogP contribution >= 0.6 is 0 Å². The van der Waals surface area contributed by atoms with Crippen molar-refractivity contribution in [1.29, 1.82) is 0 Å². The summed E-state index contributed by atoms with van der Waals surface area (Å²) in [4.78, 5) is 26.2. The Morgan fingerprint density at radius 3 is 2.50 bits per heavy atom. The molecule has 112 valence electrons. The van der Waals surface area contributed by atoms with E-state index in [0.29, 0.717) is 19.0 Å². The molecule has 2 saturated heterocycles. The lowest BCUT2D eigenvalue weighted by Gasteiger charge is -2.39. The highest BCUT2D eigenvalue weighted by molar-refractivity contribution is 5.96. The predicted octanol–water partition coefficient (Wildman–Crippen LogP) is 1.20. The van der Waals surface area contributed by atoms with Crippen molar-refractivity contribution in [3.63, 3.8) is 0 Å². The number of nitrogens with zero attached hydrogens (tertiary/aromatic N) is 1. The first kappa shape index (κ1) is 13.9. The maximum absolute atomic E-state index is 12.4. The minimum absolute atomic E-state index is 0.0118. The van der Waals surface area contributed by atoms with Gasteiger partial charge in [-0.1, -0.05) is 27.7 Å². The van der Waals surface area contributed by atoms with Crippen LogP contribution in [0.15, 0.2) is 0 Å². The monoisotopic (exact) mass is 279 g/mol. The normalized spacial score (nSPS) is 34.8. The highest BCUT2D eigenvalue weighted by atomic mass is 16.2. The van der Waals surface area contributed by atoms with E-state index in [9.17, 15) is 9.59 Å². The molecular weight excluding hydrogens is 254 g/mol. The lowest BCUT2D eigenvalue weighted by atomic mass is 9.85. The summed E-state index contributed by atoms with van der Waals surface area (Å²) in [5.74, 6) is 0.383. The van der Waals surface area contributed by atoms with Crippen LogP contribution in [-0.2, 0) is 4.79 Å². The Labute approximate surface area is 120 Å². The molecule has 1 aliphatic carbocycles. The molecule has 2 atom stereocenters. The van der Waals surface area contributed by atoms with Gasteiger partial charge in [-0.25, -0.2) is 4.79 Å². The predicted molar refractivity (Wildman–Crippen MR) is 76.1 cm³/mol. The molecule has 0 aromatic rings. The van der Waals surface area contributed by atoms with Crippen molar-refractivity contribution in [1.82, 2.24) is 15.5 Å². The quantitative estimate of drug-likeness (QED) is 0.758.